The molecule has 2 heterocycles. The SMILES string of the molecule is CN(CCO[Si](C)(C)C(C)(C)C)CC[C@H](CSc1ccccc1)Nc1ccc(S(=O)(=O)NC(=O)c2ccc(N3CCC([C@H](O)c4cc(N5CCN(C(=O)OC(C)(C)C)CC5)ccc4-c4ccc(Cl)cc4)CC3)cc2)cc1S(=O)(=O)C(F)(F)F. The molecule has 83 heavy (non-hydrogen) atoms. The van der Waals surface area contributed by atoms with Crippen LogP contribution in [0.2, 0.25) is 23.2 Å². The van der Waals surface area contributed by atoms with Crippen molar-refractivity contribution in [3.8, 4) is 11.1 Å². The van der Waals surface area contributed by atoms with Gasteiger partial charge in [0.2, 0.25) is 0 Å². The lowest BCUT2D eigenvalue weighted by Gasteiger charge is -2.38. The van der Waals surface area contributed by atoms with Gasteiger partial charge in [-0.1, -0.05) is 68.8 Å². The zero-order valence-corrected chi connectivity index (χ0v) is 52.8. The molecule has 2 saturated heterocycles. The number of carbonyl (C=O) groups excluding carboxylic acids is 2. The lowest BCUT2D eigenvalue weighted by molar-refractivity contribution is -0.0436. The number of piperazine rings is 1. The predicted octanol–water partition coefficient (Wildman–Crippen LogP) is 12.3. The molecule has 0 aromatic heterocycles. The van der Waals surface area contributed by atoms with Crippen molar-refractivity contribution in [1.29, 1.82) is 0 Å². The molecule has 23 heteroatoms. The molecule has 2 amide bonds. The summed E-state index contributed by atoms with van der Waals surface area (Å²) in [6.45, 7) is 21.1. The number of amides is 2. The van der Waals surface area contributed by atoms with Crippen molar-refractivity contribution in [2.24, 2.45) is 5.92 Å². The van der Waals surface area contributed by atoms with Gasteiger partial charge in [0, 0.05) is 91.1 Å². The normalized spacial score (nSPS) is 16.0. The maximum atomic E-state index is 14.4. The number of hydrogen-bond donors (Lipinski definition) is 3. The van der Waals surface area contributed by atoms with Crippen molar-refractivity contribution in [1.82, 2.24) is 14.5 Å². The van der Waals surface area contributed by atoms with Crippen molar-refractivity contribution in [3.05, 3.63) is 131 Å². The van der Waals surface area contributed by atoms with Crippen LogP contribution in [-0.2, 0) is 29.0 Å². The van der Waals surface area contributed by atoms with Crippen LogP contribution in [0.4, 0.5) is 35.0 Å². The number of anilines is 3. The van der Waals surface area contributed by atoms with Gasteiger partial charge in [-0.05, 0) is 173 Å². The van der Waals surface area contributed by atoms with Gasteiger partial charge in [-0.2, -0.15) is 13.2 Å². The Hall–Kier alpha value is -5.33. The third-order valence-electron chi connectivity index (χ3n) is 15.5. The van der Waals surface area contributed by atoms with Gasteiger partial charge in [0.1, 0.15) is 10.5 Å². The lowest BCUT2D eigenvalue weighted by Crippen LogP contribution is -2.50. The van der Waals surface area contributed by atoms with Crippen molar-refractivity contribution >= 4 is 80.6 Å². The third-order valence-corrected chi connectivity index (χ3v) is 24.3. The lowest BCUT2D eigenvalue weighted by atomic mass is 9.84. The Bertz CT molecular complexity index is 3250. The first-order valence-corrected chi connectivity index (χ1v) is 35.0. The zero-order valence-electron chi connectivity index (χ0n) is 48.6. The number of hydrogen-bond acceptors (Lipinski definition) is 14. The molecule has 5 aromatic rings. The van der Waals surface area contributed by atoms with Crippen molar-refractivity contribution in [3.63, 3.8) is 0 Å². The molecule has 452 valence electrons. The fourth-order valence-electron chi connectivity index (χ4n) is 9.58. The molecule has 15 nitrogen and oxygen atoms in total. The molecule has 2 aliphatic rings. The summed E-state index contributed by atoms with van der Waals surface area (Å²) in [5.74, 6) is -0.886. The average molecular weight is 1240 g/mol. The molecular weight excluding hydrogens is 1170 g/mol. The minimum atomic E-state index is -6.13. The van der Waals surface area contributed by atoms with E-state index in [0.717, 1.165) is 45.1 Å². The summed E-state index contributed by atoms with van der Waals surface area (Å²) in [7, 11) is -11.2. The van der Waals surface area contributed by atoms with Crippen LogP contribution in [0.3, 0.4) is 0 Å². The highest BCUT2D eigenvalue weighted by molar-refractivity contribution is 7.99. The average Bonchev–Trinajstić information content (AvgIpc) is 3.07. The van der Waals surface area contributed by atoms with E-state index >= 15 is 0 Å². The van der Waals surface area contributed by atoms with Gasteiger partial charge in [0.15, 0.2) is 8.32 Å². The summed E-state index contributed by atoms with van der Waals surface area (Å²) in [5, 5.41) is 15.8. The molecule has 0 aliphatic carbocycles. The Balaban J connectivity index is 1.01. The molecule has 0 unspecified atom stereocenters. The van der Waals surface area contributed by atoms with E-state index in [1.807, 2.05) is 110 Å². The van der Waals surface area contributed by atoms with Crippen LogP contribution < -0.4 is 19.8 Å². The number of aliphatic hydroxyl groups excluding tert-OH is 1. The summed E-state index contributed by atoms with van der Waals surface area (Å²) in [6, 6.07) is 30.8. The van der Waals surface area contributed by atoms with Crippen LogP contribution in [0.15, 0.2) is 130 Å². The van der Waals surface area contributed by atoms with Crippen LogP contribution in [0.5, 0.6) is 0 Å². The number of ether oxygens (including phenoxy) is 1. The highest BCUT2D eigenvalue weighted by Gasteiger charge is 2.49. The Morgan fingerprint density at radius 2 is 1.41 bits per heavy atom. The van der Waals surface area contributed by atoms with E-state index in [9.17, 15) is 44.7 Å². The Labute approximate surface area is 498 Å². The molecule has 2 fully saturated rings. The number of nitrogens with one attached hydrogen (secondary N) is 2. The van der Waals surface area contributed by atoms with Crippen LogP contribution in [0.25, 0.3) is 11.1 Å². The van der Waals surface area contributed by atoms with Crippen molar-refractivity contribution in [2.45, 2.75) is 117 Å². The van der Waals surface area contributed by atoms with E-state index in [2.05, 4.69) is 49.0 Å². The Morgan fingerprint density at radius 3 is 2.01 bits per heavy atom. The van der Waals surface area contributed by atoms with Gasteiger partial charge in [0.05, 0.1) is 16.7 Å². The third kappa shape index (κ3) is 17.2. The Morgan fingerprint density at radius 1 is 0.795 bits per heavy atom. The first kappa shape index (κ1) is 65.2. The van der Waals surface area contributed by atoms with E-state index in [0.29, 0.717) is 95.1 Å². The summed E-state index contributed by atoms with van der Waals surface area (Å²) in [5.41, 5.74) is -2.70. The number of sulfonamides is 1. The zero-order chi connectivity index (χ0) is 60.7. The predicted molar refractivity (Wildman–Crippen MR) is 327 cm³/mol. The summed E-state index contributed by atoms with van der Waals surface area (Å²) < 4.78 is 111. The van der Waals surface area contributed by atoms with E-state index < -0.39 is 72.8 Å². The quantitative estimate of drug-likeness (QED) is 0.0467. The molecule has 2 aliphatic heterocycles. The molecule has 0 bridgehead atoms. The molecular formula is C60H78ClF3N6O9S3Si. The van der Waals surface area contributed by atoms with Gasteiger partial charge >= 0.3 is 11.6 Å². The number of alkyl halides is 3. The monoisotopic (exact) mass is 1240 g/mol. The van der Waals surface area contributed by atoms with E-state index in [1.54, 1.807) is 17.0 Å². The van der Waals surface area contributed by atoms with Gasteiger partial charge in [-0.15, -0.1) is 11.8 Å². The summed E-state index contributed by atoms with van der Waals surface area (Å²) in [6.07, 6.45) is 0.412. The summed E-state index contributed by atoms with van der Waals surface area (Å²) in [4.78, 5) is 33.1. The number of piperidine rings is 1. The van der Waals surface area contributed by atoms with E-state index in [-0.39, 0.29) is 22.6 Å². The molecule has 7 rings (SSSR count). The van der Waals surface area contributed by atoms with Gasteiger partial charge in [-0.25, -0.2) is 26.4 Å². The maximum Gasteiger partial charge on any atom is 0.501 e. The van der Waals surface area contributed by atoms with Crippen LogP contribution in [-0.4, -0.2) is 141 Å². The van der Waals surface area contributed by atoms with Crippen LogP contribution in [0, 0.1) is 5.92 Å². The standard InChI is InChI=1S/C60H78ClF3N6O9S3Si/c1-58(2,3)79-57(73)70-35-33-69(34-36-70)48-23-25-51(42-15-19-45(61)20-16-42)52(39-48)55(71)43-27-31-68(32-28-43)47-21-17-44(18-22-47)56(72)66-82(76,77)50-24-26-53(54(40-50)81(74,75)60(62,63)64)65-46(41-80-49-13-11-10-12-14-49)29-30-67(7)37-38-78-83(8,9)59(4,5)6/h10-26,39-40,43,46,55,65,71H,27-38,41H2,1-9H3,(H,66,72)/t46-,55+/m1/s1. The number of carbonyl (C=O) groups is 2. The van der Waals surface area contributed by atoms with Crippen LogP contribution >= 0.6 is 23.4 Å². The number of likely N-dealkylation sites (N-methyl/N-ethyl adjacent to an activating group) is 1. The van der Waals surface area contributed by atoms with Gasteiger partial charge in [-0.3, -0.25) is 4.79 Å². The number of halogens is 4. The molecule has 0 spiro atoms. The van der Waals surface area contributed by atoms with Crippen molar-refractivity contribution in [2.75, 3.05) is 86.9 Å². The Kier molecular flexibility index (Phi) is 21.2. The van der Waals surface area contributed by atoms with Gasteiger partial charge in [0.25, 0.3) is 25.8 Å². The number of nitrogens with zero attached hydrogens (tertiary/aromatic N) is 4. The van der Waals surface area contributed by atoms with E-state index in [4.69, 9.17) is 20.8 Å². The number of aliphatic hydroxyl groups is 1. The minimum absolute atomic E-state index is 0.0162. The smallest absolute Gasteiger partial charge is 0.444 e. The first-order chi connectivity index (χ1) is 38.8. The van der Waals surface area contributed by atoms with Gasteiger partial charge < -0.3 is 39.2 Å². The maximum absolute atomic E-state index is 14.4. The fourth-order valence-corrected chi connectivity index (χ4v) is 13.8. The fraction of sp³-hybridized carbons (Fsp3) is 0.467. The minimum Gasteiger partial charge on any atom is -0.444 e. The first-order valence-electron chi connectivity index (χ1n) is 27.8. The number of rotatable bonds is 21. The second-order valence-corrected chi connectivity index (χ2v) is 33.7. The van der Waals surface area contributed by atoms with E-state index in [1.165, 1.54) is 23.9 Å². The molecule has 2 atom stereocenters. The topological polar surface area (TPSA) is 178 Å². The number of benzene rings is 5. The number of thioether (sulfide) groups is 1. The molecule has 5 aromatic carbocycles. The van der Waals surface area contributed by atoms with Crippen molar-refractivity contribution < 1.29 is 53.9 Å². The number of sulfone groups is 1. The molecule has 3 N–H and O–H groups in total. The molecule has 0 saturated carbocycles. The second-order valence-electron chi connectivity index (χ2n) is 23.8. The van der Waals surface area contributed by atoms with Crippen LogP contribution in [0.1, 0.15) is 82.8 Å². The largest absolute Gasteiger partial charge is 0.501 e. The highest BCUT2D eigenvalue weighted by Crippen LogP contribution is 2.41. The summed E-state index contributed by atoms with van der Waals surface area (Å²) >= 11 is 7.69. The second kappa shape index (κ2) is 26.9. The highest BCUT2D eigenvalue weighted by atomic mass is 35.5. The molecule has 0 radical (unpaired) electrons.